The molecular formula is C26H28F3N3O2. The largest absolute Gasteiger partial charge is 0.416 e. The van der Waals surface area contributed by atoms with E-state index < -0.39 is 11.7 Å². The van der Waals surface area contributed by atoms with Crippen LogP contribution in [0.15, 0.2) is 60.7 Å². The molecule has 0 atom stereocenters. The zero-order valence-electron chi connectivity index (χ0n) is 19.2. The van der Waals surface area contributed by atoms with Crippen LogP contribution in [0.25, 0.3) is 10.8 Å². The molecule has 0 aliphatic heterocycles. The standard InChI is InChI=1S/C26H28F3N3O2/c1-18(33)20-6-7-22-15-24(11-8-21(22)14-20)31(2)17-25(34)32(13-3-12-30)16-19-4-9-23(10-5-19)26(27,28)29/h4-11,14-15H,3,12-13,16-17,30H2,1-2H3. The molecule has 3 rings (SSSR count). The van der Waals surface area contributed by atoms with Gasteiger partial charge in [0.05, 0.1) is 12.1 Å². The van der Waals surface area contributed by atoms with Crippen LogP contribution in [0, 0.1) is 0 Å². The summed E-state index contributed by atoms with van der Waals surface area (Å²) in [5.41, 5.74) is 7.00. The number of halogens is 3. The van der Waals surface area contributed by atoms with Gasteiger partial charge in [0.2, 0.25) is 5.91 Å². The molecule has 0 saturated heterocycles. The Kier molecular flexibility index (Phi) is 7.94. The maximum atomic E-state index is 13.1. The Morgan fingerprint density at radius 1 is 0.941 bits per heavy atom. The second-order valence-corrected chi connectivity index (χ2v) is 8.31. The molecule has 2 N–H and O–H groups in total. The van der Waals surface area contributed by atoms with Gasteiger partial charge in [-0.05, 0) is 66.6 Å². The number of Topliss-reactive ketones (excluding diaryl/α,β-unsaturated/α-hetero) is 1. The maximum Gasteiger partial charge on any atom is 0.416 e. The number of ketones is 1. The maximum absolute atomic E-state index is 13.1. The van der Waals surface area contributed by atoms with E-state index in [0.717, 1.165) is 28.6 Å². The lowest BCUT2D eigenvalue weighted by atomic mass is 10.0. The molecule has 5 nitrogen and oxygen atoms in total. The van der Waals surface area contributed by atoms with E-state index in [1.54, 1.807) is 11.0 Å². The van der Waals surface area contributed by atoms with Crippen molar-refractivity contribution in [3.63, 3.8) is 0 Å². The van der Waals surface area contributed by atoms with Crippen molar-refractivity contribution < 1.29 is 22.8 Å². The van der Waals surface area contributed by atoms with Gasteiger partial charge in [0, 0.05) is 31.4 Å². The summed E-state index contributed by atoms with van der Waals surface area (Å²) in [7, 11) is 1.81. The molecule has 0 spiro atoms. The average Bonchev–Trinajstić information content (AvgIpc) is 2.80. The number of hydrogen-bond donors (Lipinski definition) is 1. The van der Waals surface area contributed by atoms with Gasteiger partial charge in [0.25, 0.3) is 0 Å². The van der Waals surface area contributed by atoms with E-state index in [0.29, 0.717) is 30.6 Å². The van der Waals surface area contributed by atoms with Crippen LogP contribution in [0.4, 0.5) is 18.9 Å². The first kappa shape index (κ1) is 25.2. The second-order valence-electron chi connectivity index (χ2n) is 8.31. The topological polar surface area (TPSA) is 66.6 Å². The molecule has 0 saturated carbocycles. The first-order valence-corrected chi connectivity index (χ1v) is 11.0. The Balaban J connectivity index is 1.72. The fraction of sp³-hybridized carbons (Fsp3) is 0.308. The number of rotatable bonds is 9. The third kappa shape index (κ3) is 6.35. The number of likely N-dealkylation sites (N-methyl/N-ethyl adjacent to an activating group) is 1. The number of carbonyl (C=O) groups excluding carboxylic acids is 2. The highest BCUT2D eigenvalue weighted by Gasteiger charge is 2.30. The third-order valence-electron chi connectivity index (χ3n) is 5.68. The number of anilines is 1. The molecule has 0 unspecified atom stereocenters. The fourth-order valence-electron chi connectivity index (χ4n) is 3.68. The first-order chi connectivity index (χ1) is 16.1. The molecule has 1 amide bonds. The van der Waals surface area contributed by atoms with Crippen LogP contribution in [0.5, 0.6) is 0 Å². The Morgan fingerprint density at radius 3 is 2.21 bits per heavy atom. The molecule has 0 aliphatic rings. The second kappa shape index (κ2) is 10.7. The van der Waals surface area contributed by atoms with Crippen molar-refractivity contribution in [2.24, 2.45) is 5.73 Å². The molecule has 3 aromatic rings. The summed E-state index contributed by atoms with van der Waals surface area (Å²) in [5, 5.41) is 1.88. The number of benzene rings is 3. The molecule has 8 heteroatoms. The van der Waals surface area contributed by atoms with Gasteiger partial charge in [0.15, 0.2) is 5.78 Å². The highest BCUT2D eigenvalue weighted by Crippen LogP contribution is 2.29. The lowest BCUT2D eigenvalue weighted by Crippen LogP contribution is -2.39. The highest BCUT2D eigenvalue weighted by atomic mass is 19.4. The van der Waals surface area contributed by atoms with Gasteiger partial charge in [-0.3, -0.25) is 9.59 Å². The number of hydrogen-bond acceptors (Lipinski definition) is 4. The minimum atomic E-state index is -4.40. The number of nitrogens with two attached hydrogens (primary N) is 1. The number of alkyl halides is 3. The number of carbonyl (C=O) groups is 2. The predicted molar refractivity (Wildman–Crippen MR) is 128 cm³/mol. The smallest absolute Gasteiger partial charge is 0.365 e. The molecule has 0 heterocycles. The lowest BCUT2D eigenvalue weighted by Gasteiger charge is -2.27. The summed E-state index contributed by atoms with van der Waals surface area (Å²) < 4.78 is 38.5. The van der Waals surface area contributed by atoms with Crippen LogP contribution in [0.2, 0.25) is 0 Å². The van der Waals surface area contributed by atoms with E-state index >= 15 is 0 Å². The van der Waals surface area contributed by atoms with Gasteiger partial charge >= 0.3 is 6.18 Å². The Labute approximate surface area is 196 Å². The van der Waals surface area contributed by atoms with Gasteiger partial charge in [-0.25, -0.2) is 0 Å². The Bertz CT molecular complexity index is 1160. The third-order valence-corrected chi connectivity index (χ3v) is 5.68. The molecule has 180 valence electrons. The van der Waals surface area contributed by atoms with Gasteiger partial charge < -0.3 is 15.5 Å². The Morgan fingerprint density at radius 2 is 1.59 bits per heavy atom. The van der Waals surface area contributed by atoms with Crippen molar-refractivity contribution in [1.29, 1.82) is 0 Å². The number of nitrogens with zero attached hydrogens (tertiary/aromatic N) is 2. The summed E-state index contributed by atoms with van der Waals surface area (Å²) in [6, 6.07) is 16.1. The van der Waals surface area contributed by atoms with E-state index in [2.05, 4.69) is 0 Å². The molecule has 0 radical (unpaired) electrons. The Hall–Kier alpha value is -3.39. The van der Waals surface area contributed by atoms with E-state index in [4.69, 9.17) is 5.73 Å². The van der Waals surface area contributed by atoms with Crippen LogP contribution < -0.4 is 10.6 Å². The fourth-order valence-corrected chi connectivity index (χ4v) is 3.68. The van der Waals surface area contributed by atoms with E-state index in [1.807, 2.05) is 42.3 Å². The minimum absolute atomic E-state index is 0.000641. The molecule has 34 heavy (non-hydrogen) atoms. The zero-order chi connectivity index (χ0) is 24.9. The summed E-state index contributed by atoms with van der Waals surface area (Å²) in [5.74, 6) is -0.151. The van der Waals surface area contributed by atoms with Crippen molar-refractivity contribution in [3.8, 4) is 0 Å². The molecule has 0 bridgehead atoms. The van der Waals surface area contributed by atoms with Crippen molar-refractivity contribution in [3.05, 3.63) is 77.4 Å². The van der Waals surface area contributed by atoms with E-state index in [-0.39, 0.29) is 24.8 Å². The zero-order valence-corrected chi connectivity index (χ0v) is 19.2. The van der Waals surface area contributed by atoms with Gasteiger partial charge in [-0.1, -0.05) is 30.3 Å². The van der Waals surface area contributed by atoms with Gasteiger partial charge in [0.1, 0.15) is 0 Å². The van der Waals surface area contributed by atoms with Crippen LogP contribution in [0.1, 0.15) is 34.8 Å². The molecule has 3 aromatic carbocycles. The van der Waals surface area contributed by atoms with Gasteiger partial charge in [-0.15, -0.1) is 0 Å². The summed E-state index contributed by atoms with van der Waals surface area (Å²) in [6.45, 7) is 2.64. The predicted octanol–water partition coefficient (Wildman–Crippen LogP) is 4.88. The summed E-state index contributed by atoms with van der Waals surface area (Å²) in [6.07, 6.45) is -3.81. The highest BCUT2D eigenvalue weighted by molar-refractivity contribution is 5.99. The van der Waals surface area contributed by atoms with E-state index in [1.165, 1.54) is 19.1 Å². The SMILES string of the molecule is CC(=O)c1ccc2cc(N(C)CC(=O)N(CCCN)Cc3ccc(C(F)(F)F)cc3)ccc2c1. The lowest BCUT2D eigenvalue weighted by molar-refractivity contribution is -0.137. The summed E-state index contributed by atoms with van der Waals surface area (Å²) >= 11 is 0. The monoisotopic (exact) mass is 471 g/mol. The van der Waals surface area contributed by atoms with E-state index in [9.17, 15) is 22.8 Å². The van der Waals surface area contributed by atoms with Crippen molar-refractivity contribution in [2.75, 3.05) is 31.6 Å². The number of amides is 1. The van der Waals surface area contributed by atoms with Crippen molar-refractivity contribution in [2.45, 2.75) is 26.1 Å². The van der Waals surface area contributed by atoms with Crippen LogP contribution >= 0.6 is 0 Å². The minimum Gasteiger partial charge on any atom is -0.365 e. The molecule has 0 aromatic heterocycles. The molecular weight excluding hydrogens is 443 g/mol. The first-order valence-electron chi connectivity index (χ1n) is 11.0. The number of fused-ring (bicyclic) bond motifs is 1. The van der Waals surface area contributed by atoms with Crippen LogP contribution in [0.3, 0.4) is 0 Å². The molecule has 0 fully saturated rings. The van der Waals surface area contributed by atoms with Crippen molar-refractivity contribution >= 4 is 28.2 Å². The quantitative estimate of drug-likeness (QED) is 0.452. The van der Waals surface area contributed by atoms with Crippen molar-refractivity contribution in [1.82, 2.24) is 4.90 Å². The average molecular weight is 472 g/mol. The molecule has 0 aliphatic carbocycles. The van der Waals surface area contributed by atoms with Crippen LogP contribution in [-0.4, -0.2) is 43.3 Å². The van der Waals surface area contributed by atoms with Gasteiger partial charge in [-0.2, -0.15) is 13.2 Å². The van der Waals surface area contributed by atoms with Crippen LogP contribution in [-0.2, 0) is 17.5 Å². The summed E-state index contributed by atoms with van der Waals surface area (Å²) in [4.78, 5) is 28.1. The normalized spacial score (nSPS) is 11.5.